The summed E-state index contributed by atoms with van der Waals surface area (Å²) >= 11 is 17.4. The van der Waals surface area contributed by atoms with Crippen molar-refractivity contribution in [3.8, 4) is 0 Å². The first-order valence-electron chi connectivity index (χ1n) is 8.46. The minimum absolute atomic E-state index is 0.160. The number of hydrogen-bond acceptors (Lipinski definition) is 2. The van der Waals surface area contributed by atoms with Crippen LogP contribution >= 0.6 is 35.4 Å². The van der Waals surface area contributed by atoms with Gasteiger partial charge in [-0.1, -0.05) is 59.6 Å². The number of carbonyl (C=O) groups excluding carboxylic acids is 1. The lowest BCUT2D eigenvalue weighted by Gasteiger charge is -2.13. The molecule has 0 unspecified atom stereocenters. The highest BCUT2D eigenvalue weighted by atomic mass is 35.5. The quantitative estimate of drug-likeness (QED) is 0.453. The molecule has 0 atom stereocenters. The number of thiocarbonyl (C=S) groups is 1. The standard InChI is InChI=1S/C21H17Cl2N3OS/c22-16-9-10-19(18(23)12-16)26-21(28)25-17-8-4-7-15(11-17)20(27)24-13-14-5-2-1-3-6-14/h1-12H,13H2,(H,24,27)(H2,25,26,28). The first-order valence-corrected chi connectivity index (χ1v) is 9.63. The van der Waals surface area contributed by atoms with Crippen LogP contribution in [0.1, 0.15) is 15.9 Å². The Kier molecular flexibility index (Phi) is 6.87. The molecule has 3 aromatic carbocycles. The van der Waals surface area contributed by atoms with Gasteiger partial charge in [-0.05, 0) is 54.2 Å². The maximum absolute atomic E-state index is 12.4. The van der Waals surface area contributed by atoms with Crippen LogP contribution in [0.15, 0.2) is 72.8 Å². The zero-order valence-electron chi connectivity index (χ0n) is 14.7. The molecular formula is C21H17Cl2N3OS. The molecule has 28 heavy (non-hydrogen) atoms. The zero-order valence-corrected chi connectivity index (χ0v) is 17.0. The Morgan fingerprint density at radius 2 is 1.68 bits per heavy atom. The molecule has 0 heterocycles. The number of hydrogen-bond donors (Lipinski definition) is 3. The summed E-state index contributed by atoms with van der Waals surface area (Å²) < 4.78 is 0. The van der Waals surface area contributed by atoms with E-state index in [1.54, 1.807) is 36.4 Å². The number of nitrogens with one attached hydrogen (secondary N) is 3. The van der Waals surface area contributed by atoms with Crippen molar-refractivity contribution in [2.45, 2.75) is 6.54 Å². The van der Waals surface area contributed by atoms with Gasteiger partial charge in [0.05, 0.1) is 10.7 Å². The molecule has 0 spiro atoms. The number of halogens is 2. The Bertz CT molecular complexity index is 996. The second kappa shape index (κ2) is 9.55. The van der Waals surface area contributed by atoms with E-state index in [2.05, 4.69) is 16.0 Å². The Labute approximate surface area is 178 Å². The van der Waals surface area contributed by atoms with Crippen LogP contribution in [0.5, 0.6) is 0 Å². The van der Waals surface area contributed by atoms with Crippen molar-refractivity contribution in [3.63, 3.8) is 0 Å². The van der Waals surface area contributed by atoms with Crippen LogP contribution in [0.4, 0.5) is 11.4 Å². The van der Waals surface area contributed by atoms with Crippen LogP contribution < -0.4 is 16.0 Å². The van der Waals surface area contributed by atoms with Crippen LogP contribution in [0.2, 0.25) is 10.0 Å². The van der Waals surface area contributed by atoms with E-state index < -0.39 is 0 Å². The summed E-state index contributed by atoms with van der Waals surface area (Å²) in [5.41, 5.74) is 2.90. The number of rotatable bonds is 5. The summed E-state index contributed by atoms with van der Waals surface area (Å²) in [5.74, 6) is -0.160. The van der Waals surface area contributed by atoms with E-state index in [0.717, 1.165) is 5.56 Å². The second-order valence-electron chi connectivity index (χ2n) is 5.95. The third kappa shape index (κ3) is 5.70. The summed E-state index contributed by atoms with van der Waals surface area (Å²) in [6.45, 7) is 0.465. The monoisotopic (exact) mass is 429 g/mol. The lowest BCUT2D eigenvalue weighted by Crippen LogP contribution is -2.23. The molecule has 3 aromatic rings. The summed E-state index contributed by atoms with van der Waals surface area (Å²) in [4.78, 5) is 12.4. The van der Waals surface area contributed by atoms with E-state index in [-0.39, 0.29) is 5.91 Å². The molecule has 0 aliphatic rings. The molecule has 0 bridgehead atoms. The number of amides is 1. The van der Waals surface area contributed by atoms with Crippen LogP contribution in [0.3, 0.4) is 0 Å². The van der Waals surface area contributed by atoms with Crippen LogP contribution in [-0.4, -0.2) is 11.0 Å². The van der Waals surface area contributed by atoms with Crippen molar-refractivity contribution in [1.82, 2.24) is 5.32 Å². The van der Waals surface area contributed by atoms with Gasteiger partial charge in [0.2, 0.25) is 0 Å². The van der Waals surface area contributed by atoms with Crippen LogP contribution in [0, 0.1) is 0 Å². The second-order valence-corrected chi connectivity index (χ2v) is 7.20. The Hall–Kier alpha value is -2.60. The summed E-state index contributed by atoms with van der Waals surface area (Å²) in [6.07, 6.45) is 0. The molecule has 142 valence electrons. The average molecular weight is 430 g/mol. The van der Waals surface area contributed by atoms with Crippen molar-refractivity contribution >= 4 is 57.8 Å². The Morgan fingerprint density at radius 1 is 0.893 bits per heavy atom. The third-order valence-corrected chi connectivity index (χ3v) is 4.61. The maximum Gasteiger partial charge on any atom is 0.251 e. The van der Waals surface area contributed by atoms with Crippen LogP contribution in [-0.2, 0) is 6.54 Å². The lowest BCUT2D eigenvalue weighted by atomic mass is 10.1. The van der Waals surface area contributed by atoms with Crippen LogP contribution in [0.25, 0.3) is 0 Å². The molecule has 3 rings (SSSR count). The topological polar surface area (TPSA) is 53.2 Å². The van der Waals surface area contributed by atoms with Gasteiger partial charge in [0.1, 0.15) is 0 Å². The summed E-state index contributed by atoms with van der Waals surface area (Å²) in [6, 6.07) is 21.9. The predicted octanol–water partition coefficient (Wildman–Crippen LogP) is 5.73. The van der Waals surface area contributed by atoms with Crippen molar-refractivity contribution in [2.24, 2.45) is 0 Å². The van der Waals surface area contributed by atoms with Crippen molar-refractivity contribution in [2.75, 3.05) is 10.6 Å². The molecule has 0 radical (unpaired) electrons. The van der Waals surface area contributed by atoms with E-state index in [9.17, 15) is 4.79 Å². The number of carbonyl (C=O) groups is 1. The third-order valence-electron chi connectivity index (χ3n) is 3.86. The molecule has 0 saturated carbocycles. The van der Waals surface area contributed by atoms with Gasteiger partial charge in [-0.3, -0.25) is 4.79 Å². The van der Waals surface area contributed by atoms with Crippen molar-refractivity contribution in [3.05, 3.63) is 94.0 Å². The van der Waals surface area contributed by atoms with E-state index in [0.29, 0.717) is 38.6 Å². The fourth-order valence-electron chi connectivity index (χ4n) is 2.49. The Morgan fingerprint density at radius 3 is 2.43 bits per heavy atom. The van der Waals surface area contributed by atoms with Crippen molar-refractivity contribution < 1.29 is 4.79 Å². The van der Waals surface area contributed by atoms with Crippen molar-refractivity contribution in [1.29, 1.82) is 0 Å². The number of anilines is 2. The highest BCUT2D eigenvalue weighted by molar-refractivity contribution is 7.80. The van der Waals surface area contributed by atoms with Gasteiger partial charge in [-0.25, -0.2) is 0 Å². The molecule has 0 fully saturated rings. The average Bonchev–Trinajstić information content (AvgIpc) is 2.69. The fraction of sp³-hybridized carbons (Fsp3) is 0.0476. The Balaban J connectivity index is 1.60. The lowest BCUT2D eigenvalue weighted by molar-refractivity contribution is 0.0951. The molecule has 0 aliphatic heterocycles. The molecule has 1 amide bonds. The van der Waals surface area contributed by atoms with E-state index >= 15 is 0 Å². The van der Waals surface area contributed by atoms with Gasteiger partial charge in [-0.2, -0.15) is 0 Å². The maximum atomic E-state index is 12.4. The molecule has 3 N–H and O–H groups in total. The van der Waals surface area contributed by atoms with Gasteiger partial charge in [0.25, 0.3) is 5.91 Å². The molecule has 0 aliphatic carbocycles. The summed E-state index contributed by atoms with van der Waals surface area (Å²) in [7, 11) is 0. The molecule has 0 aromatic heterocycles. The first-order chi connectivity index (χ1) is 13.5. The molecule has 4 nitrogen and oxygen atoms in total. The normalized spacial score (nSPS) is 10.2. The number of benzene rings is 3. The SMILES string of the molecule is O=C(NCc1ccccc1)c1cccc(NC(=S)Nc2ccc(Cl)cc2Cl)c1. The van der Waals surface area contributed by atoms with Gasteiger partial charge >= 0.3 is 0 Å². The highest BCUT2D eigenvalue weighted by Gasteiger charge is 2.08. The predicted molar refractivity (Wildman–Crippen MR) is 120 cm³/mol. The fourth-order valence-corrected chi connectivity index (χ4v) is 3.18. The van der Waals surface area contributed by atoms with Gasteiger partial charge < -0.3 is 16.0 Å². The van der Waals surface area contributed by atoms with Gasteiger partial charge in [0.15, 0.2) is 5.11 Å². The van der Waals surface area contributed by atoms with Gasteiger partial charge in [0, 0.05) is 22.8 Å². The van der Waals surface area contributed by atoms with E-state index in [1.807, 2.05) is 36.4 Å². The van der Waals surface area contributed by atoms with E-state index in [1.165, 1.54) is 0 Å². The zero-order chi connectivity index (χ0) is 19.9. The smallest absolute Gasteiger partial charge is 0.251 e. The molecule has 7 heteroatoms. The molecular weight excluding hydrogens is 413 g/mol. The summed E-state index contributed by atoms with van der Waals surface area (Å²) in [5, 5.41) is 10.3. The van der Waals surface area contributed by atoms with E-state index in [4.69, 9.17) is 35.4 Å². The minimum Gasteiger partial charge on any atom is -0.348 e. The minimum atomic E-state index is -0.160. The largest absolute Gasteiger partial charge is 0.348 e. The highest BCUT2D eigenvalue weighted by Crippen LogP contribution is 2.25. The molecule has 0 saturated heterocycles. The van der Waals surface area contributed by atoms with Gasteiger partial charge in [-0.15, -0.1) is 0 Å². The first kappa shape index (κ1) is 20.1.